The standard InChI is InChI=1S/C17H23ClFNO/c18-14-10-12(7-8-15(14)19)11-20-9-2-1-5-16(20)13-4-3-6-17(13)21/h7-8,10,13,16-17,21H,1-6,9,11H2. The lowest BCUT2D eigenvalue weighted by atomic mass is 9.87. The van der Waals surface area contributed by atoms with Crippen molar-refractivity contribution in [3.05, 3.63) is 34.6 Å². The minimum Gasteiger partial charge on any atom is -0.393 e. The smallest absolute Gasteiger partial charge is 0.141 e. The van der Waals surface area contributed by atoms with E-state index in [9.17, 15) is 9.50 Å². The van der Waals surface area contributed by atoms with Gasteiger partial charge in [0, 0.05) is 18.5 Å². The monoisotopic (exact) mass is 311 g/mol. The molecule has 2 nitrogen and oxygen atoms in total. The highest BCUT2D eigenvalue weighted by Gasteiger charge is 2.36. The predicted molar refractivity (Wildman–Crippen MR) is 82.8 cm³/mol. The number of hydrogen-bond acceptors (Lipinski definition) is 2. The van der Waals surface area contributed by atoms with Crippen molar-refractivity contribution in [2.75, 3.05) is 6.54 Å². The van der Waals surface area contributed by atoms with Gasteiger partial charge in [0.25, 0.3) is 0 Å². The maximum atomic E-state index is 13.3. The maximum Gasteiger partial charge on any atom is 0.141 e. The highest BCUT2D eigenvalue weighted by atomic mass is 35.5. The van der Waals surface area contributed by atoms with Crippen LogP contribution < -0.4 is 0 Å². The van der Waals surface area contributed by atoms with Gasteiger partial charge in [0.2, 0.25) is 0 Å². The Kier molecular flexibility index (Phi) is 4.82. The van der Waals surface area contributed by atoms with Crippen molar-refractivity contribution in [3.8, 4) is 0 Å². The predicted octanol–water partition coefficient (Wildman–Crippen LogP) is 3.99. The molecule has 4 heteroatoms. The summed E-state index contributed by atoms with van der Waals surface area (Å²) in [4.78, 5) is 2.46. The van der Waals surface area contributed by atoms with Gasteiger partial charge in [0.1, 0.15) is 5.82 Å². The second-order valence-electron chi connectivity index (χ2n) is 6.44. The molecule has 2 aliphatic rings. The summed E-state index contributed by atoms with van der Waals surface area (Å²) in [6, 6.07) is 5.45. The molecule has 3 rings (SSSR count). The van der Waals surface area contributed by atoms with Crippen molar-refractivity contribution >= 4 is 11.6 Å². The molecule has 1 aliphatic heterocycles. The molecule has 1 aliphatic carbocycles. The molecule has 0 bridgehead atoms. The fourth-order valence-corrected chi connectivity index (χ4v) is 4.19. The van der Waals surface area contributed by atoms with E-state index in [0.717, 1.165) is 44.3 Å². The summed E-state index contributed by atoms with van der Waals surface area (Å²) in [5, 5.41) is 10.4. The van der Waals surface area contributed by atoms with E-state index in [1.165, 1.54) is 18.9 Å². The second-order valence-corrected chi connectivity index (χ2v) is 6.85. The van der Waals surface area contributed by atoms with Crippen molar-refractivity contribution in [1.82, 2.24) is 4.90 Å². The average Bonchev–Trinajstić information content (AvgIpc) is 2.90. The molecule has 1 saturated carbocycles. The molecule has 1 aromatic carbocycles. The Labute approximate surface area is 130 Å². The molecule has 0 amide bonds. The summed E-state index contributed by atoms with van der Waals surface area (Å²) >= 11 is 5.88. The van der Waals surface area contributed by atoms with Gasteiger partial charge in [0.15, 0.2) is 0 Å². The van der Waals surface area contributed by atoms with E-state index in [1.54, 1.807) is 6.07 Å². The molecule has 0 aromatic heterocycles. The average molecular weight is 312 g/mol. The first-order valence-electron chi connectivity index (χ1n) is 8.01. The third-order valence-corrected chi connectivity index (χ3v) is 5.35. The lowest BCUT2D eigenvalue weighted by Gasteiger charge is -2.40. The lowest BCUT2D eigenvalue weighted by Crippen LogP contribution is -2.45. The Bertz CT molecular complexity index is 496. The van der Waals surface area contributed by atoms with E-state index >= 15 is 0 Å². The van der Waals surface area contributed by atoms with E-state index in [-0.39, 0.29) is 16.9 Å². The maximum absolute atomic E-state index is 13.3. The van der Waals surface area contributed by atoms with Gasteiger partial charge in [-0.05, 0) is 49.9 Å². The molecule has 0 spiro atoms. The molecule has 2 fully saturated rings. The molecule has 0 radical (unpaired) electrons. The van der Waals surface area contributed by atoms with Gasteiger partial charge in [-0.15, -0.1) is 0 Å². The molecule has 1 saturated heterocycles. The van der Waals surface area contributed by atoms with E-state index in [4.69, 9.17) is 11.6 Å². The third kappa shape index (κ3) is 3.41. The molecule has 3 unspecified atom stereocenters. The van der Waals surface area contributed by atoms with Crippen LogP contribution in [0.5, 0.6) is 0 Å². The Balaban J connectivity index is 1.73. The number of halogens is 2. The van der Waals surface area contributed by atoms with Crippen molar-refractivity contribution in [2.45, 2.75) is 57.2 Å². The Hall–Kier alpha value is -0.640. The summed E-state index contributed by atoms with van der Waals surface area (Å²) in [5.74, 6) is 0.0445. The molecule has 1 aromatic rings. The van der Waals surface area contributed by atoms with Crippen LogP contribution in [0.15, 0.2) is 18.2 Å². The number of nitrogens with zero attached hydrogens (tertiary/aromatic N) is 1. The second kappa shape index (κ2) is 6.64. The molecule has 21 heavy (non-hydrogen) atoms. The first-order valence-corrected chi connectivity index (χ1v) is 8.39. The zero-order chi connectivity index (χ0) is 14.8. The Morgan fingerprint density at radius 3 is 2.76 bits per heavy atom. The third-order valence-electron chi connectivity index (χ3n) is 5.06. The highest BCUT2D eigenvalue weighted by molar-refractivity contribution is 6.30. The molecule has 3 atom stereocenters. The zero-order valence-electron chi connectivity index (χ0n) is 12.3. The number of piperidine rings is 1. The summed E-state index contributed by atoms with van der Waals surface area (Å²) in [5.41, 5.74) is 1.06. The minimum atomic E-state index is -0.359. The molecule has 116 valence electrons. The largest absolute Gasteiger partial charge is 0.393 e. The van der Waals surface area contributed by atoms with Crippen LogP contribution in [0.2, 0.25) is 5.02 Å². The first-order chi connectivity index (χ1) is 10.1. The fraction of sp³-hybridized carbons (Fsp3) is 0.647. The van der Waals surface area contributed by atoms with Crippen molar-refractivity contribution in [3.63, 3.8) is 0 Å². The van der Waals surface area contributed by atoms with Gasteiger partial charge >= 0.3 is 0 Å². The number of hydrogen-bond donors (Lipinski definition) is 1. The van der Waals surface area contributed by atoms with Gasteiger partial charge in [-0.1, -0.05) is 30.5 Å². The summed E-state index contributed by atoms with van der Waals surface area (Å²) in [6.07, 6.45) is 6.68. The van der Waals surface area contributed by atoms with Crippen LogP contribution in [0.25, 0.3) is 0 Å². The molecule has 1 N–H and O–H groups in total. The number of benzene rings is 1. The zero-order valence-corrected chi connectivity index (χ0v) is 13.0. The van der Waals surface area contributed by atoms with Crippen LogP contribution >= 0.6 is 11.6 Å². The topological polar surface area (TPSA) is 23.5 Å². The van der Waals surface area contributed by atoms with Crippen molar-refractivity contribution in [1.29, 1.82) is 0 Å². The molecule has 1 heterocycles. The van der Waals surface area contributed by atoms with Crippen LogP contribution in [-0.2, 0) is 6.54 Å². The number of aliphatic hydroxyl groups is 1. The summed E-state index contributed by atoms with van der Waals surface area (Å²) in [7, 11) is 0. The summed E-state index contributed by atoms with van der Waals surface area (Å²) in [6.45, 7) is 1.86. The van der Waals surface area contributed by atoms with Gasteiger partial charge in [0.05, 0.1) is 11.1 Å². The van der Waals surface area contributed by atoms with Gasteiger partial charge in [-0.2, -0.15) is 0 Å². The van der Waals surface area contributed by atoms with Crippen molar-refractivity contribution in [2.24, 2.45) is 5.92 Å². The van der Waals surface area contributed by atoms with Crippen molar-refractivity contribution < 1.29 is 9.50 Å². The Morgan fingerprint density at radius 2 is 2.05 bits per heavy atom. The van der Waals surface area contributed by atoms with E-state index in [0.29, 0.717) is 12.0 Å². The van der Waals surface area contributed by atoms with Crippen LogP contribution in [0.1, 0.15) is 44.1 Å². The normalized spacial score (nSPS) is 30.7. The van der Waals surface area contributed by atoms with E-state index < -0.39 is 0 Å². The molecular weight excluding hydrogens is 289 g/mol. The summed E-state index contributed by atoms with van der Waals surface area (Å²) < 4.78 is 13.3. The molecular formula is C17H23ClFNO. The number of rotatable bonds is 3. The van der Waals surface area contributed by atoms with Gasteiger partial charge in [-0.25, -0.2) is 4.39 Å². The minimum absolute atomic E-state index is 0.146. The quantitative estimate of drug-likeness (QED) is 0.912. The van der Waals surface area contributed by atoms with Crippen LogP contribution in [-0.4, -0.2) is 28.7 Å². The fourth-order valence-electron chi connectivity index (χ4n) is 3.99. The number of aliphatic hydroxyl groups excluding tert-OH is 1. The SMILES string of the molecule is OC1CCCC1C1CCCCN1Cc1ccc(F)c(Cl)c1. The first kappa shape index (κ1) is 15.3. The van der Waals surface area contributed by atoms with Crippen LogP contribution in [0.3, 0.4) is 0 Å². The van der Waals surface area contributed by atoms with E-state index in [2.05, 4.69) is 4.90 Å². The highest BCUT2D eigenvalue weighted by Crippen LogP contribution is 2.36. The Morgan fingerprint density at radius 1 is 1.19 bits per heavy atom. The number of likely N-dealkylation sites (tertiary alicyclic amines) is 1. The van der Waals surface area contributed by atoms with E-state index in [1.807, 2.05) is 6.07 Å². The van der Waals surface area contributed by atoms with Crippen LogP contribution in [0.4, 0.5) is 4.39 Å². The lowest BCUT2D eigenvalue weighted by molar-refractivity contribution is 0.0313. The van der Waals surface area contributed by atoms with Gasteiger partial charge in [-0.3, -0.25) is 4.90 Å². The van der Waals surface area contributed by atoms with Gasteiger partial charge < -0.3 is 5.11 Å². The van der Waals surface area contributed by atoms with Crippen LogP contribution in [0, 0.1) is 11.7 Å².